The van der Waals surface area contributed by atoms with Crippen molar-refractivity contribution in [1.82, 2.24) is 9.80 Å². The minimum atomic E-state index is 0. The van der Waals surface area contributed by atoms with E-state index in [4.69, 9.17) is 23.2 Å². The van der Waals surface area contributed by atoms with Crippen LogP contribution in [0, 0.1) is 0 Å². The first-order valence-electron chi connectivity index (χ1n) is 9.67. The van der Waals surface area contributed by atoms with Crippen molar-refractivity contribution in [2.75, 3.05) is 39.0 Å². The van der Waals surface area contributed by atoms with Gasteiger partial charge in [0.25, 0.3) is 0 Å². The summed E-state index contributed by atoms with van der Waals surface area (Å²) in [5, 5.41) is 4.17. The number of anilines is 1. The van der Waals surface area contributed by atoms with Gasteiger partial charge < -0.3 is 15.1 Å². The van der Waals surface area contributed by atoms with Crippen LogP contribution in [-0.2, 0) is 11.2 Å². The summed E-state index contributed by atoms with van der Waals surface area (Å²) in [5.41, 5.74) is 3.06. The predicted molar refractivity (Wildman–Crippen MR) is 125 cm³/mol. The van der Waals surface area contributed by atoms with Gasteiger partial charge in [-0.25, -0.2) is 0 Å². The van der Waals surface area contributed by atoms with Gasteiger partial charge >= 0.3 is 0 Å². The molecule has 7 heteroatoms. The highest BCUT2D eigenvalue weighted by Crippen LogP contribution is 2.27. The standard InChI is InChI=1S/C22H27Cl2N3O.ClH/c1-25-18-7-5-6-17(14-18)21(15-27-10-3-4-11-27)26(2)22(28)13-16-8-9-19(23)20(24)12-16;/h5-9,12,14,21,25H,3-4,10-11,13,15H2,1-2H3;1H/t21-;/m0./s1. The molecule has 158 valence electrons. The molecule has 0 bridgehead atoms. The number of carbonyl (C=O) groups excluding carboxylic acids is 1. The fraction of sp³-hybridized carbons (Fsp3) is 0.409. The summed E-state index contributed by atoms with van der Waals surface area (Å²) < 4.78 is 0. The number of hydrogen-bond acceptors (Lipinski definition) is 3. The van der Waals surface area contributed by atoms with Gasteiger partial charge in [-0.2, -0.15) is 0 Å². The van der Waals surface area contributed by atoms with E-state index < -0.39 is 0 Å². The first kappa shape index (κ1) is 23.8. The largest absolute Gasteiger partial charge is 0.388 e. The summed E-state index contributed by atoms with van der Waals surface area (Å²) in [6, 6.07) is 13.7. The Labute approximate surface area is 189 Å². The van der Waals surface area contributed by atoms with E-state index in [1.54, 1.807) is 12.1 Å². The smallest absolute Gasteiger partial charge is 0.227 e. The molecule has 4 nitrogen and oxygen atoms in total. The van der Waals surface area contributed by atoms with Crippen molar-refractivity contribution in [3.63, 3.8) is 0 Å². The minimum absolute atomic E-state index is 0. The van der Waals surface area contributed by atoms with Gasteiger partial charge in [-0.3, -0.25) is 4.79 Å². The lowest BCUT2D eigenvalue weighted by atomic mass is 10.0. The summed E-state index contributed by atoms with van der Waals surface area (Å²) in [6.07, 6.45) is 2.75. The molecule has 2 aromatic carbocycles. The van der Waals surface area contributed by atoms with Gasteiger partial charge in [0.15, 0.2) is 0 Å². The van der Waals surface area contributed by atoms with Gasteiger partial charge in [-0.1, -0.05) is 41.4 Å². The Balaban J connectivity index is 0.00000300. The van der Waals surface area contributed by atoms with Crippen LogP contribution in [0.5, 0.6) is 0 Å². The van der Waals surface area contributed by atoms with E-state index in [0.29, 0.717) is 16.5 Å². The lowest BCUT2D eigenvalue weighted by molar-refractivity contribution is -0.131. The van der Waals surface area contributed by atoms with Crippen molar-refractivity contribution in [3.05, 3.63) is 63.6 Å². The maximum absolute atomic E-state index is 13.1. The number of likely N-dealkylation sites (tertiary alicyclic amines) is 1. The van der Waals surface area contributed by atoms with Crippen molar-refractivity contribution in [2.45, 2.75) is 25.3 Å². The van der Waals surface area contributed by atoms with Crippen LogP contribution in [0.1, 0.15) is 30.0 Å². The highest BCUT2D eigenvalue weighted by molar-refractivity contribution is 6.42. The Hall–Kier alpha value is -1.46. The molecule has 0 aromatic heterocycles. The van der Waals surface area contributed by atoms with Crippen molar-refractivity contribution in [1.29, 1.82) is 0 Å². The summed E-state index contributed by atoms with van der Waals surface area (Å²) >= 11 is 12.1. The molecule has 3 rings (SSSR count). The second kappa shape index (κ2) is 11.1. The van der Waals surface area contributed by atoms with Gasteiger partial charge in [0.2, 0.25) is 5.91 Å². The predicted octanol–water partition coefficient (Wildman–Crippen LogP) is 5.29. The molecule has 0 saturated carbocycles. The van der Waals surface area contributed by atoms with E-state index in [-0.39, 0.29) is 24.4 Å². The summed E-state index contributed by atoms with van der Waals surface area (Å²) in [4.78, 5) is 17.4. The number of benzene rings is 2. The molecule has 0 radical (unpaired) electrons. The molecule has 0 aliphatic carbocycles. The van der Waals surface area contributed by atoms with Crippen molar-refractivity contribution in [3.8, 4) is 0 Å². The molecule has 1 heterocycles. The van der Waals surface area contributed by atoms with Crippen molar-refractivity contribution >= 4 is 47.2 Å². The SMILES string of the molecule is CNc1cccc([C@H](CN2CCCC2)N(C)C(=O)Cc2ccc(Cl)c(Cl)c2)c1.Cl. The molecule has 1 aliphatic rings. The van der Waals surface area contributed by atoms with E-state index >= 15 is 0 Å². The topological polar surface area (TPSA) is 35.6 Å². The van der Waals surface area contributed by atoms with Gasteiger partial charge in [0.05, 0.1) is 22.5 Å². The lowest BCUT2D eigenvalue weighted by Crippen LogP contribution is -2.39. The molecular formula is C22H28Cl3N3O. The Morgan fingerprint density at radius 2 is 1.86 bits per heavy atom. The summed E-state index contributed by atoms with van der Waals surface area (Å²) in [5.74, 6) is 0.0671. The second-order valence-electron chi connectivity index (χ2n) is 7.33. The molecule has 1 fully saturated rings. The van der Waals surface area contributed by atoms with Crippen LogP contribution in [0.15, 0.2) is 42.5 Å². The van der Waals surface area contributed by atoms with E-state index in [2.05, 4.69) is 22.3 Å². The summed E-state index contributed by atoms with van der Waals surface area (Å²) in [7, 11) is 3.81. The number of rotatable bonds is 7. The zero-order valence-corrected chi connectivity index (χ0v) is 19.2. The molecule has 0 spiro atoms. The number of likely N-dealkylation sites (N-methyl/N-ethyl adjacent to an activating group) is 1. The maximum atomic E-state index is 13.1. The third-order valence-corrected chi connectivity index (χ3v) is 6.13. The Bertz CT molecular complexity index is 825. The molecule has 1 atom stereocenters. The zero-order valence-electron chi connectivity index (χ0n) is 16.8. The van der Waals surface area contributed by atoms with Crippen LogP contribution in [0.2, 0.25) is 10.0 Å². The monoisotopic (exact) mass is 455 g/mol. The van der Waals surface area contributed by atoms with Crippen LogP contribution >= 0.6 is 35.6 Å². The van der Waals surface area contributed by atoms with Gasteiger partial charge in [0, 0.05) is 26.3 Å². The Morgan fingerprint density at radius 1 is 1.14 bits per heavy atom. The van der Waals surface area contributed by atoms with Crippen LogP contribution in [-0.4, -0.2) is 49.4 Å². The van der Waals surface area contributed by atoms with E-state index in [0.717, 1.165) is 36.4 Å². The molecule has 1 N–H and O–H groups in total. The van der Waals surface area contributed by atoms with Crippen LogP contribution in [0.3, 0.4) is 0 Å². The third-order valence-electron chi connectivity index (χ3n) is 5.39. The number of carbonyl (C=O) groups is 1. The Kier molecular flexibility index (Phi) is 9.09. The molecule has 1 saturated heterocycles. The van der Waals surface area contributed by atoms with Crippen LogP contribution in [0.4, 0.5) is 5.69 Å². The molecule has 1 aliphatic heterocycles. The number of halogens is 3. The fourth-order valence-electron chi connectivity index (χ4n) is 3.69. The van der Waals surface area contributed by atoms with E-state index in [1.807, 2.05) is 37.2 Å². The minimum Gasteiger partial charge on any atom is -0.388 e. The molecular weight excluding hydrogens is 429 g/mol. The van der Waals surface area contributed by atoms with Crippen LogP contribution < -0.4 is 5.32 Å². The third kappa shape index (κ3) is 6.26. The lowest BCUT2D eigenvalue weighted by Gasteiger charge is -2.32. The highest BCUT2D eigenvalue weighted by Gasteiger charge is 2.26. The molecule has 2 aromatic rings. The normalized spacial score (nSPS) is 14.9. The molecule has 29 heavy (non-hydrogen) atoms. The Morgan fingerprint density at radius 3 is 2.52 bits per heavy atom. The van der Waals surface area contributed by atoms with Crippen molar-refractivity contribution in [2.24, 2.45) is 0 Å². The number of nitrogens with zero attached hydrogens (tertiary/aromatic N) is 2. The maximum Gasteiger partial charge on any atom is 0.227 e. The first-order valence-corrected chi connectivity index (χ1v) is 10.4. The number of amides is 1. The van der Waals surface area contributed by atoms with Crippen molar-refractivity contribution < 1.29 is 4.79 Å². The number of hydrogen-bond donors (Lipinski definition) is 1. The number of nitrogens with one attached hydrogen (secondary N) is 1. The summed E-state index contributed by atoms with van der Waals surface area (Å²) in [6.45, 7) is 3.03. The first-order chi connectivity index (χ1) is 13.5. The highest BCUT2D eigenvalue weighted by atomic mass is 35.5. The van der Waals surface area contributed by atoms with Gasteiger partial charge in [0.1, 0.15) is 0 Å². The zero-order chi connectivity index (χ0) is 20.1. The molecule has 1 amide bonds. The average Bonchev–Trinajstić information content (AvgIpc) is 3.21. The second-order valence-corrected chi connectivity index (χ2v) is 8.14. The molecule has 0 unspecified atom stereocenters. The van der Waals surface area contributed by atoms with E-state index in [1.165, 1.54) is 12.8 Å². The quantitative estimate of drug-likeness (QED) is 0.614. The van der Waals surface area contributed by atoms with Gasteiger partial charge in [-0.15, -0.1) is 12.4 Å². The van der Waals surface area contributed by atoms with Gasteiger partial charge in [-0.05, 0) is 61.3 Å². The fourth-order valence-corrected chi connectivity index (χ4v) is 4.01. The average molecular weight is 457 g/mol. The van der Waals surface area contributed by atoms with E-state index in [9.17, 15) is 4.79 Å². The van der Waals surface area contributed by atoms with Crippen LogP contribution in [0.25, 0.3) is 0 Å².